The highest BCUT2D eigenvalue weighted by Crippen LogP contribution is 2.32. The molecule has 3 rings (SSSR count). The summed E-state index contributed by atoms with van der Waals surface area (Å²) in [4.78, 5) is 14.1. The number of carbonyl (C=O) groups excluding carboxylic acids is 1. The summed E-state index contributed by atoms with van der Waals surface area (Å²) in [6.45, 7) is 10.2. The van der Waals surface area contributed by atoms with Crippen LogP contribution in [0, 0.1) is 0 Å². The molecule has 0 atom stereocenters. The van der Waals surface area contributed by atoms with Gasteiger partial charge in [0.2, 0.25) is 11.9 Å². The fourth-order valence-corrected chi connectivity index (χ4v) is 3.56. The van der Waals surface area contributed by atoms with Gasteiger partial charge in [-0.25, -0.2) is 0 Å². The highest BCUT2D eigenvalue weighted by atomic mass is 32.2. The Morgan fingerprint density at radius 2 is 1.96 bits per heavy atom. The Kier molecular flexibility index (Phi) is 5.41. The number of nitrogens with zero attached hydrogens (tertiary/aromatic N) is 4. The number of anilines is 2. The van der Waals surface area contributed by atoms with E-state index in [0.29, 0.717) is 12.4 Å². The molecule has 0 bridgehead atoms. The average molecular weight is 375 g/mol. The van der Waals surface area contributed by atoms with Crippen LogP contribution in [0.4, 0.5) is 11.6 Å². The smallest absolute Gasteiger partial charge is 0.232 e. The zero-order chi connectivity index (χ0) is 18.7. The number of carbonyl (C=O) groups is 1. The summed E-state index contributed by atoms with van der Waals surface area (Å²) in [5.74, 6) is 2.01. The van der Waals surface area contributed by atoms with E-state index in [0.717, 1.165) is 35.6 Å². The van der Waals surface area contributed by atoms with Gasteiger partial charge in [-0.1, -0.05) is 11.8 Å². The van der Waals surface area contributed by atoms with Gasteiger partial charge in [0.1, 0.15) is 5.75 Å². The summed E-state index contributed by atoms with van der Waals surface area (Å²) in [6, 6.07) is 7.98. The van der Waals surface area contributed by atoms with Crippen molar-refractivity contribution in [2.75, 3.05) is 23.8 Å². The molecule has 8 heteroatoms. The number of nitrogens with one attached hydrogen (secondary N) is 1. The maximum atomic E-state index is 12.0. The molecule has 1 aromatic carbocycles. The summed E-state index contributed by atoms with van der Waals surface area (Å²) in [5, 5.41) is 12.3. The van der Waals surface area contributed by atoms with Crippen molar-refractivity contribution in [3.8, 4) is 5.75 Å². The van der Waals surface area contributed by atoms with E-state index in [1.807, 2.05) is 52.0 Å². The van der Waals surface area contributed by atoms with Crippen LogP contribution in [-0.2, 0) is 11.3 Å². The van der Waals surface area contributed by atoms with Crippen LogP contribution in [0.25, 0.3) is 0 Å². The third kappa shape index (κ3) is 4.30. The van der Waals surface area contributed by atoms with Crippen LogP contribution < -0.4 is 15.0 Å². The van der Waals surface area contributed by atoms with Crippen LogP contribution in [0.5, 0.6) is 5.75 Å². The lowest BCUT2D eigenvalue weighted by atomic mass is 10.1. The van der Waals surface area contributed by atoms with Crippen LogP contribution in [0.3, 0.4) is 0 Å². The van der Waals surface area contributed by atoms with Crippen LogP contribution >= 0.6 is 11.8 Å². The minimum absolute atomic E-state index is 0.00113. The van der Waals surface area contributed by atoms with E-state index in [4.69, 9.17) is 4.74 Å². The standard InChI is InChI=1S/C18H25N5O2S/c1-5-25-14-8-6-13(7-9-14)22-10-11-23-16(22)20-21-17(23)26-12-15(24)19-18(2,3)4/h6-9H,5,10-12H2,1-4H3,(H,19,24). The topological polar surface area (TPSA) is 72.3 Å². The van der Waals surface area contributed by atoms with Gasteiger partial charge >= 0.3 is 0 Å². The first-order valence-electron chi connectivity index (χ1n) is 8.75. The number of rotatable bonds is 6. The summed E-state index contributed by atoms with van der Waals surface area (Å²) >= 11 is 1.42. The SMILES string of the molecule is CCOc1ccc(N2CCn3c(SCC(=O)NC(C)(C)C)nnc32)cc1. The van der Waals surface area contributed by atoms with Gasteiger partial charge < -0.3 is 15.0 Å². The normalized spacial score (nSPS) is 13.6. The maximum absolute atomic E-state index is 12.0. The molecule has 0 fully saturated rings. The van der Waals surface area contributed by atoms with Gasteiger partial charge in [-0.15, -0.1) is 10.2 Å². The third-order valence-corrected chi connectivity index (χ3v) is 4.76. The van der Waals surface area contributed by atoms with Gasteiger partial charge in [0.05, 0.1) is 12.4 Å². The minimum atomic E-state index is -0.227. The number of fused-ring (bicyclic) bond motifs is 1. The van der Waals surface area contributed by atoms with Crippen molar-refractivity contribution in [3.63, 3.8) is 0 Å². The molecule has 0 unspecified atom stereocenters. The minimum Gasteiger partial charge on any atom is -0.494 e. The second-order valence-electron chi connectivity index (χ2n) is 7.10. The first-order valence-corrected chi connectivity index (χ1v) is 9.73. The van der Waals surface area contributed by atoms with Gasteiger partial charge in [-0.3, -0.25) is 9.36 Å². The molecule has 1 amide bonds. The van der Waals surface area contributed by atoms with Crippen molar-refractivity contribution < 1.29 is 9.53 Å². The van der Waals surface area contributed by atoms with Gasteiger partial charge in [0.25, 0.3) is 0 Å². The molecule has 7 nitrogen and oxygen atoms in total. The molecule has 2 aromatic rings. The Bertz CT molecular complexity index is 767. The summed E-state index contributed by atoms with van der Waals surface area (Å²) in [6.07, 6.45) is 0. The van der Waals surface area contributed by atoms with Crippen molar-refractivity contribution in [2.24, 2.45) is 0 Å². The van der Waals surface area contributed by atoms with Crippen molar-refractivity contribution in [1.29, 1.82) is 0 Å². The molecule has 0 radical (unpaired) electrons. The molecule has 0 saturated carbocycles. The van der Waals surface area contributed by atoms with Crippen LogP contribution in [-0.4, -0.2) is 45.1 Å². The van der Waals surface area contributed by atoms with Gasteiger partial charge in [-0.05, 0) is 52.0 Å². The number of aromatic nitrogens is 3. The van der Waals surface area contributed by atoms with E-state index in [2.05, 4.69) is 25.0 Å². The molecule has 1 aliphatic heterocycles. The van der Waals surface area contributed by atoms with E-state index < -0.39 is 0 Å². The Balaban J connectivity index is 1.66. The van der Waals surface area contributed by atoms with Crippen LogP contribution in [0.15, 0.2) is 29.4 Å². The fourth-order valence-electron chi connectivity index (χ4n) is 2.80. The lowest BCUT2D eigenvalue weighted by Crippen LogP contribution is -2.41. The molecule has 140 valence electrons. The van der Waals surface area contributed by atoms with E-state index in [1.54, 1.807) is 0 Å². The van der Waals surface area contributed by atoms with Gasteiger partial charge in [0, 0.05) is 24.3 Å². The monoisotopic (exact) mass is 375 g/mol. The second kappa shape index (κ2) is 7.57. The van der Waals surface area contributed by atoms with Crippen LogP contribution in [0.1, 0.15) is 27.7 Å². The van der Waals surface area contributed by atoms with Crippen molar-refractivity contribution in [1.82, 2.24) is 20.1 Å². The first-order chi connectivity index (χ1) is 12.4. The molecular weight excluding hydrogens is 350 g/mol. The molecule has 0 saturated heterocycles. The zero-order valence-corrected chi connectivity index (χ0v) is 16.5. The number of benzene rings is 1. The lowest BCUT2D eigenvalue weighted by molar-refractivity contribution is -0.119. The number of ether oxygens (including phenoxy) is 1. The molecule has 26 heavy (non-hydrogen) atoms. The maximum Gasteiger partial charge on any atom is 0.232 e. The van der Waals surface area contributed by atoms with Gasteiger partial charge in [-0.2, -0.15) is 0 Å². The Hall–Kier alpha value is -2.22. The van der Waals surface area contributed by atoms with Crippen molar-refractivity contribution in [2.45, 2.75) is 44.9 Å². The predicted octanol–water partition coefficient (Wildman–Crippen LogP) is 2.84. The number of hydrogen-bond donors (Lipinski definition) is 1. The van der Waals surface area contributed by atoms with Crippen LogP contribution in [0.2, 0.25) is 0 Å². The fraction of sp³-hybridized carbons (Fsp3) is 0.500. The highest BCUT2D eigenvalue weighted by Gasteiger charge is 2.26. The van der Waals surface area contributed by atoms with Crippen molar-refractivity contribution in [3.05, 3.63) is 24.3 Å². The zero-order valence-electron chi connectivity index (χ0n) is 15.7. The molecular formula is C18H25N5O2S. The first kappa shape index (κ1) is 18.6. The predicted molar refractivity (Wildman–Crippen MR) is 103 cm³/mol. The molecule has 1 aromatic heterocycles. The summed E-state index contributed by atoms with van der Waals surface area (Å²) in [5.41, 5.74) is 0.830. The lowest BCUT2D eigenvalue weighted by Gasteiger charge is -2.20. The molecule has 1 N–H and O–H groups in total. The Labute approximate surface area is 158 Å². The Morgan fingerprint density at radius 1 is 1.23 bits per heavy atom. The quantitative estimate of drug-likeness (QED) is 0.783. The molecule has 2 heterocycles. The van der Waals surface area contributed by atoms with Crippen molar-refractivity contribution >= 4 is 29.3 Å². The highest BCUT2D eigenvalue weighted by molar-refractivity contribution is 7.99. The summed E-state index contributed by atoms with van der Waals surface area (Å²) < 4.78 is 7.55. The third-order valence-electron chi connectivity index (χ3n) is 3.79. The summed E-state index contributed by atoms with van der Waals surface area (Å²) in [7, 11) is 0. The average Bonchev–Trinajstić information content (AvgIpc) is 3.14. The van der Waals surface area contributed by atoms with E-state index in [1.165, 1.54) is 11.8 Å². The largest absolute Gasteiger partial charge is 0.494 e. The molecule has 0 aliphatic carbocycles. The second-order valence-corrected chi connectivity index (χ2v) is 8.04. The number of thioether (sulfide) groups is 1. The van der Waals surface area contributed by atoms with E-state index in [9.17, 15) is 4.79 Å². The molecule has 1 aliphatic rings. The van der Waals surface area contributed by atoms with Gasteiger partial charge in [0.15, 0.2) is 5.16 Å². The Morgan fingerprint density at radius 3 is 2.62 bits per heavy atom. The number of hydrogen-bond acceptors (Lipinski definition) is 6. The number of amides is 1. The van der Waals surface area contributed by atoms with E-state index in [-0.39, 0.29) is 11.4 Å². The molecule has 0 spiro atoms. The van der Waals surface area contributed by atoms with E-state index >= 15 is 0 Å².